The van der Waals surface area contributed by atoms with Gasteiger partial charge in [0.15, 0.2) is 0 Å². The molecule has 0 aliphatic heterocycles. The molecular weight excluding hydrogens is 436 g/mol. The van der Waals surface area contributed by atoms with Crippen molar-refractivity contribution < 1.29 is 19.8 Å². The van der Waals surface area contributed by atoms with Crippen LogP contribution in [0.3, 0.4) is 0 Å². The SMILES string of the molecule is CC(C)=CCC[C@@H](C)[C@H]1CC[C@H]2[C@@H]3CCC4C[C@@H](CC(=O)O)C[C@H](CC(=O)O)[C@]4(C)[C@H]3CC[C@]12C. The van der Waals surface area contributed by atoms with Gasteiger partial charge in [-0.3, -0.25) is 9.59 Å². The maximum atomic E-state index is 11.9. The third-order valence-electron chi connectivity index (χ3n) is 11.9. The van der Waals surface area contributed by atoms with E-state index in [0.717, 1.165) is 42.9 Å². The summed E-state index contributed by atoms with van der Waals surface area (Å²) in [6.07, 6.45) is 14.7. The summed E-state index contributed by atoms with van der Waals surface area (Å²) in [6.45, 7) is 11.9. The second-order valence-corrected chi connectivity index (χ2v) is 13.8. The minimum atomic E-state index is -0.731. The number of carbonyl (C=O) groups is 2. The molecule has 35 heavy (non-hydrogen) atoms. The summed E-state index contributed by atoms with van der Waals surface area (Å²) in [5, 5.41) is 19.3. The van der Waals surface area contributed by atoms with Crippen molar-refractivity contribution in [2.24, 2.45) is 58.2 Å². The van der Waals surface area contributed by atoms with Crippen molar-refractivity contribution in [2.75, 3.05) is 0 Å². The highest BCUT2D eigenvalue weighted by atomic mass is 16.4. The number of carboxylic acids is 2. The number of allylic oxidation sites excluding steroid dienone is 2. The lowest BCUT2D eigenvalue weighted by molar-refractivity contribution is -0.163. The van der Waals surface area contributed by atoms with Gasteiger partial charge in [-0.1, -0.05) is 32.4 Å². The van der Waals surface area contributed by atoms with Crippen LogP contribution in [0.4, 0.5) is 0 Å². The quantitative estimate of drug-likeness (QED) is 0.343. The number of hydrogen-bond donors (Lipinski definition) is 2. The van der Waals surface area contributed by atoms with Crippen molar-refractivity contribution in [3.8, 4) is 0 Å². The monoisotopic (exact) mass is 486 g/mol. The Labute approximate surface area is 213 Å². The Morgan fingerprint density at radius 1 is 0.943 bits per heavy atom. The van der Waals surface area contributed by atoms with Gasteiger partial charge in [-0.2, -0.15) is 0 Å². The highest BCUT2D eigenvalue weighted by molar-refractivity contribution is 5.68. The highest BCUT2D eigenvalue weighted by Gasteiger charge is 2.62. The first-order valence-electron chi connectivity index (χ1n) is 14.5. The minimum Gasteiger partial charge on any atom is -0.481 e. The molecule has 4 saturated carbocycles. The van der Waals surface area contributed by atoms with Crippen molar-refractivity contribution in [2.45, 2.75) is 112 Å². The van der Waals surface area contributed by atoms with E-state index >= 15 is 0 Å². The fourth-order valence-corrected chi connectivity index (χ4v) is 10.4. The molecule has 0 heterocycles. The first kappa shape index (κ1) is 26.7. The lowest BCUT2D eigenvalue weighted by Crippen LogP contribution is -2.57. The molecule has 0 amide bonds. The van der Waals surface area contributed by atoms with E-state index in [-0.39, 0.29) is 30.1 Å². The van der Waals surface area contributed by atoms with Crippen LogP contribution in [0.5, 0.6) is 0 Å². The van der Waals surface area contributed by atoms with E-state index in [4.69, 9.17) is 0 Å². The van der Waals surface area contributed by atoms with Gasteiger partial charge in [0.2, 0.25) is 0 Å². The smallest absolute Gasteiger partial charge is 0.303 e. The van der Waals surface area contributed by atoms with Crippen LogP contribution in [0, 0.1) is 58.2 Å². The van der Waals surface area contributed by atoms with Gasteiger partial charge in [-0.05, 0) is 136 Å². The molecule has 4 nitrogen and oxygen atoms in total. The summed E-state index contributed by atoms with van der Waals surface area (Å²) in [5.41, 5.74) is 1.90. The fraction of sp³-hybridized carbons (Fsp3) is 0.871. The summed E-state index contributed by atoms with van der Waals surface area (Å²) < 4.78 is 0. The first-order valence-corrected chi connectivity index (χ1v) is 14.5. The van der Waals surface area contributed by atoms with Crippen molar-refractivity contribution >= 4 is 11.9 Å². The highest BCUT2D eigenvalue weighted by Crippen LogP contribution is 2.70. The average Bonchev–Trinajstić information content (AvgIpc) is 3.11. The Bertz CT molecular complexity index is 828. The largest absolute Gasteiger partial charge is 0.481 e. The second kappa shape index (κ2) is 10.2. The zero-order valence-electron chi connectivity index (χ0n) is 22.9. The molecule has 4 heteroatoms. The summed E-state index contributed by atoms with van der Waals surface area (Å²) in [4.78, 5) is 23.4. The summed E-state index contributed by atoms with van der Waals surface area (Å²) in [7, 11) is 0. The van der Waals surface area contributed by atoms with E-state index in [9.17, 15) is 19.8 Å². The van der Waals surface area contributed by atoms with Gasteiger partial charge in [0.1, 0.15) is 0 Å². The molecule has 1 unspecified atom stereocenters. The van der Waals surface area contributed by atoms with Gasteiger partial charge >= 0.3 is 11.9 Å². The molecule has 4 rings (SSSR count). The van der Waals surface area contributed by atoms with Crippen LogP contribution in [-0.4, -0.2) is 22.2 Å². The van der Waals surface area contributed by atoms with E-state index in [1.165, 1.54) is 50.5 Å². The van der Waals surface area contributed by atoms with Gasteiger partial charge in [0.25, 0.3) is 0 Å². The van der Waals surface area contributed by atoms with Gasteiger partial charge in [0, 0.05) is 12.8 Å². The molecule has 198 valence electrons. The lowest BCUT2D eigenvalue weighted by Gasteiger charge is -2.63. The number of hydrogen-bond acceptors (Lipinski definition) is 2. The zero-order chi connectivity index (χ0) is 25.5. The lowest BCUT2D eigenvalue weighted by atomic mass is 9.41. The molecule has 0 aromatic heterocycles. The van der Waals surface area contributed by atoms with Crippen molar-refractivity contribution in [1.29, 1.82) is 0 Å². The Hall–Kier alpha value is -1.32. The third-order valence-corrected chi connectivity index (χ3v) is 11.9. The second-order valence-electron chi connectivity index (χ2n) is 13.8. The summed E-state index contributed by atoms with van der Waals surface area (Å²) >= 11 is 0. The van der Waals surface area contributed by atoms with Crippen LogP contribution in [0.1, 0.15) is 112 Å². The molecule has 0 radical (unpaired) electrons. The average molecular weight is 487 g/mol. The molecule has 4 aliphatic carbocycles. The summed E-state index contributed by atoms with van der Waals surface area (Å²) in [5.74, 6) is 2.96. The summed E-state index contributed by atoms with van der Waals surface area (Å²) in [6, 6.07) is 0. The van der Waals surface area contributed by atoms with Gasteiger partial charge in [-0.25, -0.2) is 0 Å². The molecule has 2 N–H and O–H groups in total. The van der Waals surface area contributed by atoms with E-state index in [0.29, 0.717) is 17.3 Å². The predicted molar refractivity (Wildman–Crippen MR) is 140 cm³/mol. The fourth-order valence-electron chi connectivity index (χ4n) is 10.4. The molecule has 4 fully saturated rings. The standard InChI is InChI=1S/C31H50O4/c1-19(2)7-6-8-20(3)25-11-12-26-24-10-9-22-15-21(17-28(32)33)16-23(18-29(34)35)31(22,5)27(24)13-14-30(25,26)4/h7,20-27H,6,8-18H2,1-5H3,(H,32,33)(H,34,35)/t20-,21-,22?,23-,24+,25-,26+,27+,30-,31-/m1/s1. The molecule has 0 spiro atoms. The molecule has 0 aromatic rings. The van der Waals surface area contributed by atoms with Gasteiger partial charge < -0.3 is 10.2 Å². The maximum absolute atomic E-state index is 11.9. The molecule has 10 atom stereocenters. The molecule has 0 bridgehead atoms. The van der Waals surface area contributed by atoms with Crippen molar-refractivity contribution in [1.82, 2.24) is 0 Å². The van der Waals surface area contributed by atoms with Crippen LogP contribution in [0.15, 0.2) is 11.6 Å². The zero-order valence-corrected chi connectivity index (χ0v) is 22.9. The Morgan fingerprint density at radius 3 is 2.31 bits per heavy atom. The maximum Gasteiger partial charge on any atom is 0.303 e. The Kier molecular flexibility index (Phi) is 7.80. The Balaban J connectivity index is 1.54. The minimum absolute atomic E-state index is 0.0464. The van der Waals surface area contributed by atoms with Crippen LogP contribution in [0.2, 0.25) is 0 Å². The predicted octanol–water partition coefficient (Wildman–Crippen LogP) is 7.82. The third kappa shape index (κ3) is 4.97. The first-order chi connectivity index (χ1) is 16.5. The van der Waals surface area contributed by atoms with Crippen LogP contribution in [-0.2, 0) is 9.59 Å². The molecule has 4 aliphatic rings. The van der Waals surface area contributed by atoms with Crippen LogP contribution in [0.25, 0.3) is 0 Å². The number of fused-ring (bicyclic) bond motifs is 5. The number of aliphatic carboxylic acids is 2. The van der Waals surface area contributed by atoms with E-state index in [1.807, 2.05) is 0 Å². The van der Waals surface area contributed by atoms with E-state index in [2.05, 4.69) is 40.7 Å². The molecular formula is C31H50O4. The van der Waals surface area contributed by atoms with E-state index < -0.39 is 11.9 Å². The number of rotatable bonds is 8. The topological polar surface area (TPSA) is 74.6 Å². The molecule has 0 aromatic carbocycles. The molecule has 0 saturated heterocycles. The van der Waals surface area contributed by atoms with Crippen molar-refractivity contribution in [3.05, 3.63) is 11.6 Å². The van der Waals surface area contributed by atoms with Crippen molar-refractivity contribution in [3.63, 3.8) is 0 Å². The number of carboxylic acid groups (broad SMARTS) is 2. The van der Waals surface area contributed by atoms with Gasteiger partial charge in [-0.15, -0.1) is 0 Å². The van der Waals surface area contributed by atoms with Crippen LogP contribution < -0.4 is 0 Å². The normalized spacial score (nSPS) is 43.4. The Morgan fingerprint density at radius 2 is 1.66 bits per heavy atom. The van der Waals surface area contributed by atoms with E-state index in [1.54, 1.807) is 0 Å². The van der Waals surface area contributed by atoms with Gasteiger partial charge in [0.05, 0.1) is 0 Å². The van der Waals surface area contributed by atoms with Crippen LogP contribution >= 0.6 is 0 Å².